The lowest BCUT2D eigenvalue weighted by atomic mass is 9.95. The molecule has 6 nitrogen and oxygen atoms in total. The largest absolute Gasteiger partial charge is 0.481 e. The van der Waals surface area contributed by atoms with E-state index in [9.17, 15) is 9.59 Å². The number of halogens is 1. The Kier molecular flexibility index (Phi) is 6.14. The molecule has 1 aromatic heterocycles. The van der Waals surface area contributed by atoms with E-state index in [4.69, 9.17) is 21.4 Å². The molecule has 126 valence electrons. The molecule has 24 heavy (non-hydrogen) atoms. The second-order valence-corrected chi connectivity index (χ2v) is 5.55. The summed E-state index contributed by atoms with van der Waals surface area (Å²) in [5.74, 6) is -1.46. The average molecular weight is 349 g/mol. The summed E-state index contributed by atoms with van der Waals surface area (Å²) in [7, 11) is 1.43. The summed E-state index contributed by atoms with van der Waals surface area (Å²) < 4.78 is 5.05. The van der Waals surface area contributed by atoms with Crippen molar-refractivity contribution in [2.24, 2.45) is 0 Å². The van der Waals surface area contributed by atoms with Crippen molar-refractivity contribution in [2.45, 2.75) is 12.3 Å². The van der Waals surface area contributed by atoms with Crippen LogP contribution < -0.4 is 10.1 Å². The third-order valence-corrected chi connectivity index (χ3v) is 3.73. The molecule has 0 aliphatic carbocycles. The fraction of sp³-hybridized carbons (Fsp3) is 0.235. The van der Waals surface area contributed by atoms with Crippen LogP contribution in [0.25, 0.3) is 0 Å². The minimum absolute atomic E-state index is 0.105. The molecular weight excluding hydrogens is 332 g/mol. The van der Waals surface area contributed by atoms with Gasteiger partial charge in [0.25, 0.3) is 5.91 Å². The highest BCUT2D eigenvalue weighted by Gasteiger charge is 2.19. The normalized spacial score (nSPS) is 11.6. The first kappa shape index (κ1) is 17.7. The third kappa shape index (κ3) is 4.70. The maximum absolute atomic E-state index is 12.3. The van der Waals surface area contributed by atoms with Crippen LogP contribution in [-0.4, -0.2) is 35.6 Å². The van der Waals surface area contributed by atoms with E-state index in [0.29, 0.717) is 10.6 Å². The van der Waals surface area contributed by atoms with E-state index in [2.05, 4.69) is 10.3 Å². The summed E-state index contributed by atoms with van der Waals surface area (Å²) in [5, 5.41) is 12.4. The predicted octanol–water partition coefficient (Wildman–Crippen LogP) is 2.73. The van der Waals surface area contributed by atoms with Crippen molar-refractivity contribution >= 4 is 23.5 Å². The lowest BCUT2D eigenvalue weighted by Gasteiger charge is -2.17. The molecule has 0 saturated heterocycles. The van der Waals surface area contributed by atoms with E-state index in [0.717, 1.165) is 5.56 Å². The van der Waals surface area contributed by atoms with Crippen LogP contribution in [0.2, 0.25) is 5.02 Å². The summed E-state index contributed by atoms with van der Waals surface area (Å²) in [4.78, 5) is 27.4. The number of aliphatic carboxylic acids is 1. The van der Waals surface area contributed by atoms with Crippen LogP contribution in [0.4, 0.5) is 0 Å². The lowest BCUT2D eigenvalue weighted by Crippen LogP contribution is -2.29. The first-order valence-corrected chi connectivity index (χ1v) is 7.63. The standard InChI is InChI=1S/C17H17ClN2O4/c1-24-17-14(3-2-8-19-17)16(23)20-10-12(9-15(21)22)11-4-6-13(18)7-5-11/h2-8,12H,9-10H2,1H3,(H,20,23)(H,21,22)/t12-/m1/s1. The SMILES string of the molecule is COc1ncccc1C(=O)NC[C@@H](CC(=O)O)c1ccc(Cl)cc1. The number of methoxy groups -OCH3 is 1. The number of ether oxygens (including phenoxy) is 1. The van der Waals surface area contributed by atoms with Crippen molar-refractivity contribution in [3.05, 3.63) is 58.7 Å². The van der Waals surface area contributed by atoms with E-state index < -0.39 is 5.97 Å². The third-order valence-electron chi connectivity index (χ3n) is 3.48. The van der Waals surface area contributed by atoms with Gasteiger partial charge in [0.15, 0.2) is 0 Å². The number of hydrogen-bond acceptors (Lipinski definition) is 4. The van der Waals surface area contributed by atoms with Gasteiger partial charge in [0.05, 0.1) is 13.5 Å². The van der Waals surface area contributed by atoms with Gasteiger partial charge >= 0.3 is 5.97 Å². The number of carbonyl (C=O) groups excluding carboxylic acids is 1. The highest BCUT2D eigenvalue weighted by Crippen LogP contribution is 2.22. The predicted molar refractivity (Wildman–Crippen MR) is 89.6 cm³/mol. The fourth-order valence-corrected chi connectivity index (χ4v) is 2.42. The number of carboxylic acids is 1. The van der Waals surface area contributed by atoms with Crippen LogP contribution in [0, 0.1) is 0 Å². The van der Waals surface area contributed by atoms with Crippen molar-refractivity contribution in [3.8, 4) is 5.88 Å². The Bertz CT molecular complexity index is 719. The Labute approximate surface area is 144 Å². The van der Waals surface area contributed by atoms with Crippen molar-refractivity contribution in [3.63, 3.8) is 0 Å². The Morgan fingerprint density at radius 3 is 2.62 bits per heavy atom. The molecule has 7 heteroatoms. The van der Waals surface area contributed by atoms with Gasteiger partial charge in [0.1, 0.15) is 5.56 Å². The average Bonchev–Trinajstić information content (AvgIpc) is 2.58. The van der Waals surface area contributed by atoms with Crippen molar-refractivity contribution in [1.29, 1.82) is 0 Å². The Morgan fingerprint density at radius 2 is 2.00 bits per heavy atom. The van der Waals surface area contributed by atoms with Crippen LogP contribution in [-0.2, 0) is 4.79 Å². The van der Waals surface area contributed by atoms with Crippen molar-refractivity contribution < 1.29 is 19.4 Å². The molecule has 0 bridgehead atoms. The van der Waals surface area contributed by atoms with Crippen LogP contribution >= 0.6 is 11.6 Å². The van der Waals surface area contributed by atoms with Gasteiger partial charge in [-0.25, -0.2) is 4.98 Å². The number of hydrogen-bond donors (Lipinski definition) is 2. The molecule has 0 radical (unpaired) electrons. The van der Waals surface area contributed by atoms with Gasteiger partial charge in [-0.3, -0.25) is 9.59 Å². The van der Waals surface area contributed by atoms with E-state index in [1.165, 1.54) is 13.3 Å². The van der Waals surface area contributed by atoms with E-state index in [1.807, 2.05) is 0 Å². The summed E-state index contributed by atoms with van der Waals surface area (Å²) in [6.45, 7) is 0.171. The highest BCUT2D eigenvalue weighted by molar-refractivity contribution is 6.30. The summed E-state index contributed by atoms with van der Waals surface area (Å²) in [6, 6.07) is 10.1. The Morgan fingerprint density at radius 1 is 1.29 bits per heavy atom. The van der Waals surface area contributed by atoms with E-state index >= 15 is 0 Å². The van der Waals surface area contributed by atoms with E-state index in [-0.39, 0.29) is 30.7 Å². The zero-order chi connectivity index (χ0) is 17.5. The number of benzene rings is 1. The maximum Gasteiger partial charge on any atom is 0.304 e. The van der Waals surface area contributed by atoms with Gasteiger partial charge in [-0.15, -0.1) is 0 Å². The van der Waals surface area contributed by atoms with Crippen LogP contribution in [0.5, 0.6) is 5.88 Å². The van der Waals surface area contributed by atoms with Crippen LogP contribution in [0.3, 0.4) is 0 Å². The molecule has 0 spiro atoms. The Balaban J connectivity index is 2.11. The number of rotatable bonds is 7. The zero-order valence-electron chi connectivity index (χ0n) is 13.0. The monoisotopic (exact) mass is 348 g/mol. The van der Waals surface area contributed by atoms with Gasteiger partial charge in [0.2, 0.25) is 5.88 Å². The van der Waals surface area contributed by atoms with Gasteiger partial charge in [-0.05, 0) is 29.8 Å². The summed E-state index contributed by atoms with van der Waals surface area (Å²) >= 11 is 5.86. The second kappa shape index (κ2) is 8.31. The minimum atomic E-state index is -0.942. The number of amides is 1. The van der Waals surface area contributed by atoms with Gasteiger partial charge in [-0.2, -0.15) is 0 Å². The Hall–Kier alpha value is -2.60. The topological polar surface area (TPSA) is 88.5 Å². The molecule has 0 saturated carbocycles. The fourth-order valence-electron chi connectivity index (χ4n) is 2.29. The van der Waals surface area contributed by atoms with Crippen molar-refractivity contribution in [2.75, 3.05) is 13.7 Å². The molecule has 1 atom stereocenters. The second-order valence-electron chi connectivity index (χ2n) is 5.12. The molecule has 0 unspecified atom stereocenters. The summed E-state index contributed by atoms with van der Waals surface area (Å²) in [6.07, 6.45) is 1.42. The van der Waals surface area contributed by atoms with E-state index in [1.54, 1.807) is 36.4 Å². The molecule has 0 aliphatic rings. The molecule has 2 rings (SSSR count). The number of pyridine rings is 1. The van der Waals surface area contributed by atoms with Crippen LogP contribution in [0.1, 0.15) is 28.3 Å². The maximum atomic E-state index is 12.3. The zero-order valence-corrected chi connectivity index (χ0v) is 13.8. The quantitative estimate of drug-likeness (QED) is 0.803. The smallest absolute Gasteiger partial charge is 0.304 e. The van der Waals surface area contributed by atoms with Gasteiger partial charge in [0, 0.05) is 23.7 Å². The molecule has 1 heterocycles. The molecule has 1 aromatic carbocycles. The first-order valence-electron chi connectivity index (χ1n) is 7.25. The summed E-state index contributed by atoms with van der Waals surface area (Å²) in [5.41, 5.74) is 1.09. The first-order chi connectivity index (χ1) is 11.5. The molecule has 0 fully saturated rings. The van der Waals surface area contributed by atoms with Crippen LogP contribution in [0.15, 0.2) is 42.6 Å². The minimum Gasteiger partial charge on any atom is -0.481 e. The molecule has 2 N–H and O–H groups in total. The molecule has 1 amide bonds. The van der Waals surface area contributed by atoms with Gasteiger partial charge < -0.3 is 15.2 Å². The number of nitrogens with one attached hydrogen (secondary N) is 1. The van der Waals surface area contributed by atoms with Gasteiger partial charge in [-0.1, -0.05) is 23.7 Å². The number of carbonyl (C=O) groups is 2. The molecule has 0 aliphatic heterocycles. The number of nitrogens with zero attached hydrogens (tertiary/aromatic N) is 1. The molecule has 2 aromatic rings. The number of aromatic nitrogens is 1. The lowest BCUT2D eigenvalue weighted by molar-refractivity contribution is -0.137. The van der Waals surface area contributed by atoms with Crippen molar-refractivity contribution in [1.82, 2.24) is 10.3 Å². The highest BCUT2D eigenvalue weighted by atomic mass is 35.5. The molecular formula is C17H17ClN2O4. The number of carboxylic acid groups (broad SMARTS) is 1.